The third kappa shape index (κ3) is 4.75. The number of anilines is 1. The summed E-state index contributed by atoms with van der Waals surface area (Å²) in [5.41, 5.74) is -0.774. The van der Waals surface area contributed by atoms with Crippen LogP contribution in [0.3, 0.4) is 0 Å². The van der Waals surface area contributed by atoms with E-state index in [1.807, 2.05) is 0 Å². The SMILES string of the molecule is CC(OP(=O)(O)O)n1nc(C(=O)Nc2ccc(F)cc2F)c(Cl)c1Cl. The van der Waals surface area contributed by atoms with Crippen LogP contribution in [-0.4, -0.2) is 25.5 Å². The van der Waals surface area contributed by atoms with Crippen molar-refractivity contribution in [1.82, 2.24) is 9.78 Å². The normalized spacial score (nSPS) is 12.9. The van der Waals surface area contributed by atoms with Crippen LogP contribution in [0.15, 0.2) is 18.2 Å². The van der Waals surface area contributed by atoms with Gasteiger partial charge in [0.2, 0.25) is 0 Å². The van der Waals surface area contributed by atoms with Crippen LogP contribution < -0.4 is 5.32 Å². The van der Waals surface area contributed by atoms with Crippen LogP contribution in [0.2, 0.25) is 10.2 Å². The number of halogens is 4. The number of hydrogen-bond donors (Lipinski definition) is 3. The summed E-state index contributed by atoms with van der Waals surface area (Å²) in [4.78, 5) is 29.7. The fourth-order valence-corrected chi connectivity index (χ4v) is 2.76. The molecule has 0 aliphatic rings. The van der Waals surface area contributed by atoms with E-state index in [-0.39, 0.29) is 15.9 Å². The lowest BCUT2D eigenvalue weighted by Gasteiger charge is -2.14. The van der Waals surface area contributed by atoms with Crippen molar-refractivity contribution in [3.8, 4) is 0 Å². The van der Waals surface area contributed by atoms with E-state index >= 15 is 0 Å². The van der Waals surface area contributed by atoms with Crippen molar-refractivity contribution in [2.24, 2.45) is 0 Å². The van der Waals surface area contributed by atoms with E-state index in [1.165, 1.54) is 6.92 Å². The number of benzene rings is 1. The molecule has 1 unspecified atom stereocenters. The molecule has 0 saturated heterocycles. The van der Waals surface area contributed by atoms with Gasteiger partial charge in [0.15, 0.2) is 11.9 Å². The van der Waals surface area contributed by atoms with Crippen LogP contribution in [0.25, 0.3) is 0 Å². The molecule has 8 nitrogen and oxygen atoms in total. The molecule has 0 radical (unpaired) electrons. The number of carbonyl (C=O) groups is 1. The summed E-state index contributed by atoms with van der Waals surface area (Å²) in [7, 11) is -4.85. The average Bonchev–Trinajstić information content (AvgIpc) is 2.77. The van der Waals surface area contributed by atoms with Crippen molar-refractivity contribution in [3.05, 3.63) is 45.7 Å². The third-order valence-electron chi connectivity index (χ3n) is 2.83. The first kappa shape index (κ1) is 19.8. The number of hydrogen-bond acceptors (Lipinski definition) is 4. The Labute approximate surface area is 149 Å². The van der Waals surface area contributed by atoms with Crippen molar-refractivity contribution in [1.29, 1.82) is 0 Å². The minimum Gasteiger partial charge on any atom is -0.318 e. The molecule has 25 heavy (non-hydrogen) atoms. The van der Waals surface area contributed by atoms with Gasteiger partial charge in [-0.15, -0.1) is 0 Å². The molecule has 1 heterocycles. The van der Waals surface area contributed by atoms with E-state index in [9.17, 15) is 18.1 Å². The van der Waals surface area contributed by atoms with E-state index in [2.05, 4.69) is 14.9 Å². The summed E-state index contributed by atoms with van der Waals surface area (Å²) in [6.45, 7) is 1.20. The lowest BCUT2D eigenvalue weighted by atomic mass is 10.3. The van der Waals surface area contributed by atoms with Crippen LogP contribution in [0.4, 0.5) is 14.5 Å². The Bertz CT molecular complexity index is 873. The molecule has 1 aromatic carbocycles. The second-order valence-corrected chi connectivity index (χ2v) is 6.60. The van der Waals surface area contributed by atoms with Crippen molar-refractivity contribution < 1.29 is 32.5 Å². The Kier molecular flexibility index (Phi) is 5.82. The zero-order valence-electron chi connectivity index (χ0n) is 12.3. The molecule has 2 rings (SSSR count). The summed E-state index contributed by atoms with van der Waals surface area (Å²) >= 11 is 11.7. The highest BCUT2D eigenvalue weighted by atomic mass is 35.5. The molecule has 1 aromatic heterocycles. The van der Waals surface area contributed by atoms with Gasteiger partial charge in [0, 0.05) is 6.07 Å². The number of amides is 1. The standard InChI is InChI=1S/C12H10Cl2F2N3O5P/c1-5(24-25(21,22)23)19-11(14)9(13)10(18-19)12(20)17-8-3-2-6(15)4-7(8)16/h2-5H,1H3,(H,17,20)(H2,21,22,23). The minimum atomic E-state index is -4.85. The Balaban J connectivity index is 2.29. The number of phosphoric ester groups is 1. The van der Waals surface area contributed by atoms with E-state index < -0.39 is 37.3 Å². The van der Waals surface area contributed by atoms with Crippen molar-refractivity contribution in [2.75, 3.05) is 5.32 Å². The van der Waals surface area contributed by atoms with Gasteiger partial charge in [0.05, 0.1) is 5.69 Å². The van der Waals surface area contributed by atoms with Gasteiger partial charge < -0.3 is 15.1 Å². The molecule has 0 fully saturated rings. The van der Waals surface area contributed by atoms with Crippen molar-refractivity contribution in [3.63, 3.8) is 0 Å². The molecular formula is C12H10Cl2F2N3O5P. The first-order valence-corrected chi connectivity index (χ1v) is 8.72. The highest BCUT2D eigenvalue weighted by Crippen LogP contribution is 2.41. The number of nitrogens with one attached hydrogen (secondary N) is 1. The Morgan fingerprint density at radius 3 is 2.60 bits per heavy atom. The molecule has 1 amide bonds. The minimum absolute atomic E-state index is 0.326. The quantitative estimate of drug-likeness (QED) is 0.645. The summed E-state index contributed by atoms with van der Waals surface area (Å²) < 4.78 is 42.5. The van der Waals surface area contributed by atoms with Crippen LogP contribution in [0.1, 0.15) is 23.6 Å². The second kappa shape index (κ2) is 7.36. The van der Waals surface area contributed by atoms with Gasteiger partial charge in [-0.25, -0.2) is 18.0 Å². The first-order chi connectivity index (χ1) is 11.5. The molecule has 0 spiro atoms. The van der Waals surface area contributed by atoms with Gasteiger partial charge in [0.25, 0.3) is 5.91 Å². The maximum Gasteiger partial charge on any atom is 0.471 e. The molecule has 0 aliphatic heterocycles. The lowest BCUT2D eigenvalue weighted by molar-refractivity contribution is 0.0876. The predicted octanol–water partition coefficient (Wildman–Crippen LogP) is 3.35. The largest absolute Gasteiger partial charge is 0.471 e. The molecule has 0 aliphatic carbocycles. The summed E-state index contributed by atoms with van der Waals surface area (Å²) in [5.74, 6) is -2.82. The smallest absolute Gasteiger partial charge is 0.318 e. The number of rotatable bonds is 5. The van der Waals surface area contributed by atoms with Crippen LogP contribution in [-0.2, 0) is 9.09 Å². The number of phosphoric acid groups is 1. The van der Waals surface area contributed by atoms with Gasteiger partial charge >= 0.3 is 7.82 Å². The number of nitrogens with zero attached hydrogens (tertiary/aromatic N) is 2. The zero-order chi connectivity index (χ0) is 18.9. The Morgan fingerprint density at radius 2 is 2.04 bits per heavy atom. The summed E-state index contributed by atoms with van der Waals surface area (Å²) in [5, 5.41) is 5.17. The first-order valence-electron chi connectivity index (χ1n) is 6.43. The maximum absolute atomic E-state index is 13.6. The second-order valence-electron chi connectivity index (χ2n) is 4.67. The van der Waals surface area contributed by atoms with Crippen molar-refractivity contribution >= 4 is 42.6 Å². The lowest BCUT2D eigenvalue weighted by Crippen LogP contribution is -2.16. The molecule has 0 saturated carbocycles. The van der Waals surface area contributed by atoms with E-state index in [0.717, 1.165) is 16.8 Å². The van der Waals surface area contributed by atoms with Gasteiger partial charge in [-0.3, -0.25) is 9.32 Å². The van der Waals surface area contributed by atoms with Gasteiger partial charge in [-0.1, -0.05) is 23.2 Å². The monoisotopic (exact) mass is 415 g/mol. The fourth-order valence-electron chi connectivity index (χ4n) is 1.80. The molecule has 3 N–H and O–H groups in total. The van der Waals surface area contributed by atoms with Gasteiger partial charge in [-0.05, 0) is 19.1 Å². The number of carbonyl (C=O) groups excluding carboxylic acids is 1. The van der Waals surface area contributed by atoms with Gasteiger partial charge in [-0.2, -0.15) is 5.10 Å². The van der Waals surface area contributed by atoms with E-state index in [0.29, 0.717) is 6.07 Å². The van der Waals surface area contributed by atoms with Crippen LogP contribution >= 0.6 is 31.0 Å². The fraction of sp³-hybridized carbons (Fsp3) is 0.167. The topological polar surface area (TPSA) is 114 Å². The molecular weight excluding hydrogens is 406 g/mol. The van der Waals surface area contributed by atoms with Crippen molar-refractivity contribution in [2.45, 2.75) is 13.2 Å². The molecule has 13 heteroatoms. The summed E-state index contributed by atoms with van der Waals surface area (Å²) in [6.07, 6.45) is -1.35. The zero-order valence-corrected chi connectivity index (χ0v) is 14.7. The summed E-state index contributed by atoms with van der Waals surface area (Å²) in [6, 6.07) is 2.50. The average molecular weight is 416 g/mol. The number of aromatic nitrogens is 2. The van der Waals surface area contributed by atoms with E-state index in [1.54, 1.807) is 0 Å². The highest BCUT2D eigenvalue weighted by Gasteiger charge is 2.27. The third-order valence-corrected chi connectivity index (χ3v) is 4.22. The Hall–Kier alpha value is -1.55. The predicted molar refractivity (Wildman–Crippen MR) is 84.4 cm³/mol. The Morgan fingerprint density at radius 1 is 1.40 bits per heavy atom. The van der Waals surface area contributed by atoms with Crippen LogP contribution in [0, 0.1) is 11.6 Å². The van der Waals surface area contributed by atoms with Gasteiger partial charge in [0.1, 0.15) is 21.8 Å². The molecule has 1 atom stereocenters. The highest BCUT2D eigenvalue weighted by molar-refractivity contribution is 7.46. The van der Waals surface area contributed by atoms with E-state index in [4.69, 9.17) is 33.0 Å². The maximum atomic E-state index is 13.6. The molecule has 2 aromatic rings. The van der Waals surface area contributed by atoms with Crippen LogP contribution in [0.5, 0.6) is 0 Å². The molecule has 136 valence electrons. The molecule has 0 bridgehead atoms.